The number of aromatic nitrogens is 2. The minimum absolute atomic E-state index is 0.0942. The molecule has 1 amide bonds. The van der Waals surface area contributed by atoms with Gasteiger partial charge in [-0.3, -0.25) is 14.8 Å². The molecule has 0 aliphatic rings. The van der Waals surface area contributed by atoms with Gasteiger partial charge in [0, 0.05) is 29.9 Å². The average molecular weight is 250 g/mol. The fraction of sp³-hybridized carbons (Fsp3) is 0.250. The maximum Gasteiger partial charge on any atom is 0.228 e. The number of hydrogen-bond acceptors (Lipinski definition) is 3. The van der Waals surface area contributed by atoms with Crippen molar-refractivity contribution in [1.82, 2.24) is 9.97 Å². The summed E-state index contributed by atoms with van der Waals surface area (Å²) in [4.78, 5) is 20.0. The monoisotopic (exact) mass is 249 g/mol. The van der Waals surface area contributed by atoms with E-state index in [1.807, 2.05) is 6.07 Å². The van der Waals surface area contributed by atoms with Crippen molar-refractivity contribution in [2.24, 2.45) is 5.92 Å². The highest BCUT2D eigenvalue weighted by atomic mass is 35.5. The van der Waals surface area contributed by atoms with E-state index in [2.05, 4.69) is 15.3 Å². The number of nitrogens with zero attached hydrogens (tertiary/aromatic N) is 2. The van der Waals surface area contributed by atoms with E-state index in [9.17, 15) is 4.79 Å². The van der Waals surface area contributed by atoms with E-state index in [1.54, 1.807) is 31.5 Å². The molecule has 0 fully saturated rings. The number of fused-ring (bicyclic) bond motifs is 1. The predicted octanol–water partition coefficient (Wildman–Crippen LogP) is 2.44. The molecule has 1 unspecified atom stereocenters. The zero-order valence-corrected chi connectivity index (χ0v) is 10.1. The third-order valence-electron chi connectivity index (χ3n) is 2.42. The van der Waals surface area contributed by atoms with Crippen LogP contribution < -0.4 is 5.32 Å². The fourth-order valence-corrected chi connectivity index (χ4v) is 1.52. The highest BCUT2D eigenvalue weighted by molar-refractivity contribution is 6.19. The minimum atomic E-state index is -0.214. The SMILES string of the molecule is CC(CCl)C(=O)Nc1ccc2nccnc2c1. The van der Waals surface area contributed by atoms with Gasteiger partial charge in [-0.25, -0.2) is 0 Å². The number of carbonyl (C=O) groups is 1. The van der Waals surface area contributed by atoms with Crippen molar-refractivity contribution in [2.45, 2.75) is 6.92 Å². The quantitative estimate of drug-likeness (QED) is 0.850. The molecule has 1 heterocycles. The molecule has 0 saturated heterocycles. The molecule has 1 aromatic carbocycles. The zero-order chi connectivity index (χ0) is 12.3. The normalized spacial score (nSPS) is 12.4. The first-order valence-corrected chi connectivity index (χ1v) is 5.82. The number of amides is 1. The van der Waals surface area contributed by atoms with Crippen molar-refractivity contribution in [2.75, 3.05) is 11.2 Å². The van der Waals surface area contributed by atoms with Gasteiger partial charge in [0.05, 0.1) is 11.0 Å². The summed E-state index contributed by atoms with van der Waals surface area (Å²) in [6.07, 6.45) is 3.26. The minimum Gasteiger partial charge on any atom is -0.326 e. The number of benzene rings is 1. The predicted molar refractivity (Wildman–Crippen MR) is 68.1 cm³/mol. The van der Waals surface area contributed by atoms with Crippen molar-refractivity contribution in [3.8, 4) is 0 Å². The van der Waals surface area contributed by atoms with E-state index in [0.717, 1.165) is 11.0 Å². The molecule has 2 rings (SSSR count). The maximum absolute atomic E-state index is 11.6. The smallest absolute Gasteiger partial charge is 0.228 e. The third kappa shape index (κ3) is 2.71. The molecule has 4 nitrogen and oxygen atoms in total. The first-order chi connectivity index (χ1) is 8.20. The first-order valence-electron chi connectivity index (χ1n) is 5.28. The van der Waals surface area contributed by atoms with E-state index in [-0.39, 0.29) is 11.8 Å². The van der Waals surface area contributed by atoms with Crippen LogP contribution >= 0.6 is 11.6 Å². The van der Waals surface area contributed by atoms with Crippen molar-refractivity contribution in [3.05, 3.63) is 30.6 Å². The van der Waals surface area contributed by atoms with Gasteiger partial charge in [0.25, 0.3) is 0 Å². The van der Waals surface area contributed by atoms with Crippen LogP contribution in [-0.4, -0.2) is 21.8 Å². The Balaban J connectivity index is 2.22. The van der Waals surface area contributed by atoms with E-state index in [1.165, 1.54) is 0 Å². The summed E-state index contributed by atoms with van der Waals surface area (Å²) in [5.41, 5.74) is 2.26. The van der Waals surface area contributed by atoms with Gasteiger partial charge in [-0.15, -0.1) is 11.6 Å². The topological polar surface area (TPSA) is 54.9 Å². The molecule has 2 aromatic rings. The van der Waals surface area contributed by atoms with Crippen LogP contribution in [0.4, 0.5) is 5.69 Å². The van der Waals surface area contributed by atoms with Gasteiger partial charge < -0.3 is 5.32 Å². The summed E-state index contributed by atoms with van der Waals surface area (Å²) in [5, 5.41) is 2.79. The van der Waals surface area contributed by atoms with Crippen molar-refractivity contribution in [1.29, 1.82) is 0 Å². The Morgan fingerprint density at radius 3 is 2.76 bits per heavy atom. The molecule has 17 heavy (non-hydrogen) atoms. The van der Waals surface area contributed by atoms with Crippen LogP contribution in [0.5, 0.6) is 0 Å². The second kappa shape index (κ2) is 5.10. The van der Waals surface area contributed by atoms with Crippen LogP contribution in [0.2, 0.25) is 0 Å². The van der Waals surface area contributed by atoms with Crippen molar-refractivity contribution < 1.29 is 4.79 Å². The number of anilines is 1. The standard InChI is InChI=1S/C12H12ClN3O/c1-8(7-13)12(17)16-9-2-3-10-11(6-9)15-5-4-14-10/h2-6,8H,7H2,1H3,(H,16,17). The zero-order valence-electron chi connectivity index (χ0n) is 9.35. The lowest BCUT2D eigenvalue weighted by Crippen LogP contribution is -2.21. The Hall–Kier alpha value is -1.68. The number of carbonyl (C=O) groups excluding carboxylic acids is 1. The Kier molecular flexibility index (Phi) is 3.54. The summed E-state index contributed by atoms with van der Waals surface area (Å²) < 4.78 is 0. The second-order valence-electron chi connectivity index (χ2n) is 3.80. The fourth-order valence-electron chi connectivity index (χ4n) is 1.38. The average Bonchev–Trinajstić information content (AvgIpc) is 2.37. The number of halogens is 1. The maximum atomic E-state index is 11.6. The van der Waals surface area contributed by atoms with Gasteiger partial charge >= 0.3 is 0 Å². The van der Waals surface area contributed by atoms with E-state index < -0.39 is 0 Å². The molecule has 0 aliphatic carbocycles. The van der Waals surface area contributed by atoms with Crippen LogP contribution in [0.25, 0.3) is 11.0 Å². The second-order valence-corrected chi connectivity index (χ2v) is 4.11. The van der Waals surface area contributed by atoms with Crippen LogP contribution in [0, 0.1) is 5.92 Å². The highest BCUT2D eigenvalue weighted by Gasteiger charge is 2.11. The first kappa shape index (κ1) is 11.8. The lowest BCUT2D eigenvalue weighted by molar-refractivity contribution is -0.118. The van der Waals surface area contributed by atoms with Gasteiger partial charge in [-0.2, -0.15) is 0 Å². The number of rotatable bonds is 3. The van der Waals surface area contributed by atoms with Crippen LogP contribution in [0.15, 0.2) is 30.6 Å². The Bertz CT molecular complexity index is 544. The molecule has 0 aliphatic heterocycles. The summed E-state index contributed by atoms with van der Waals surface area (Å²) in [6, 6.07) is 5.42. The van der Waals surface area contributed by atoms with E-state index in [0.29, 0.717) is 11.6 Å². The van der Waals surface area contributed by atoms with Crippen LogP contribution in [0.1, 0.15) is 6.92 Å². The molecule has 1 atom stereocenters. The number of hydrogen-bond donors (Lipinski definition) is 1. The molecule has 0 spiro atoms. The largest absolute Gasteiger partial charge is 0.326 e. The summed E-state index contributed by atoms with van der Waals surface area (Å²) in [5.74, 6) is -0.00312. The summed E-state index contributed by atoms with van der Waals surface area (Å²) >= 11 is 5.62. The lowest BCUT2D eigenvalue weighted by atomic mass is 10.2. The Labute approximate surface area is 104 Å². The van der Waals surface area contributed by atoms with Crippen LogP contribution in [0.3, 0.4) is 0 Å². The van der Waals surface area contributed by atoms with Gasteiger partial charge in [-0.1, -0.05) is 6.92 Å². The molecule has 5 heteroatoms. The van der Waals surface area contributed by atoms with Gasteiger partial charge in [-0.05, 0) is 18.2 Å². The van der Waals surface area contributed by atoms with Gasteiger partial charge in [0.2, 0.25) is 5.91 Å². The van der Waals surface area contributed by atoms with Crippen molar-refractivity contribution >= 4 is 34.2 Å². The third-order valence-corrected chi connectivity index (χ3v) is 2.88. The molecule has 0 saturated carbocycles. The lowest BCUT2D eigenvalue weighted by Gasteiger charge is -2.09. The van der Waals surface area contributed by atoms with E-state index >= 15 is 0 Å². The molecular formula is C12H12ClN3O. The van der Waals surface area contributed by atoms with Crippen molar-refractivity contribution in [3.63, 3.8) is 0 Å². The molecular weight excluding hydrogens is 238 g/mol. The Morgan fingerprint density at radius 2 is 2.06 bits per heavy atom. The molecule has 88 valence electrons. The highest BCUT2D eigenvalue weighted by Crippen LogP contribution is 2.15. The summed E-state index contributed by atoms with van der Waals surface area (Å²) in [7, 11) is 0. The molecule has 0 radical (unpaired) electrons. The van der Waals surface area contributed by atoms with Crippen LogP contribution in [-0.2, 0) is 4.79 Å². The molecule has 1 aromatic heterocycles. The molecule has 1 N–H and O–H groups in total. The number of nitrogens with one attached hydrogen (secondary N) is 1. The molecule has 0 bridgehead atoms. The summed E-state index contributed by atoms with van der Waals surface area (Å²) in [6.45, 7) is 1.78. The Morgan fingerprint density at radius 1 is 1.35 bits per heavy atom. The van der Waals surface area contributed by atoms with Gasteiger partial charge in [0.15, 0.2) is 0 Å². The van der Waals surface area contributed by atoms with Gasteiger partial charge in [0.1, 0.15) is 0 Å². The van der Waals surface area contributed by atoms with E-state index in [4.69, 9.17) is 11.6 Å². The number of alkyl halides is 1.